The van der Waals surface area contributed by atoms with Gasteiger partial charge in [-0.05, 0) is 86.8 Å². The molecule has 2 aromatic carbocycles. The zero-order valence-corrected chi connectivity index (χ0v) is 18.9. The van der Waals surface area contributed by atoms with Crippen LogP contribution in [-0.2, 0) is 18.3 Å². The monoisotopic (exact) mass is 387 g/mol. The second-order valence-corrected chi connectivity index (χ2v) is 9.72. The summed E-state index contributed by atoms with van der Waals surface area (Å²) in [4.78, 5) is 2.38. The standard InChI is InChI=1S/C27H33NO/c1-17-11-12-24-21(13-17)9-8-10-22-16-20(4)29-26(22)28(24)25-18(2)14-23(15-19(25)3)27(5,6)7/h11-16H,8-10H2,1-7H3. The Labute approximate surface area is 175 Å². The number of aryl methyl sites for hydroxylation is 6. The van der Waals surface area contributed by atoms with Crippen LogP contribution in [0.3, 0.4) is 0 Å². The quantitative estimate of drug-likeness (QED) is 0.424. The van der Waals surface area contributed by atoms with E-state index in [1.807, 2.05) is 0 Å². The average molecular weight is 388 g/mol. The molecule has 3 aromatic rings. The van der Waals surface area contributed by atoms with Gasteiger partial charge in [-0.1, -0.05) is 50.6 Å². The third-order valence-corrected chi connectivity index (χ3v) is 6.06. The predicted molar refractivity (Wildman–Crippen MR) is 123 cm³/mol. The molecule has 0 bridgehead atoms. The van der Waals surface area contributed by atoms with Crippen molar-refractivity contribution in [2.24, 2.45) is 0 Å². The van der Waals surface area contributed by atoms with Crippen molar-refractivity contribution in [2.75, 3.05) is 4.90 Å². The molecule has 0 spiro atoms. The third-order valence-electron chi connectivity index (χ3n) is 6.06. The Balaban J connectivity index is 2.00. The summed E-state index contributed by atoms with van der Waals surface area (Å²) < 4.78 is 6.33. The van der Waals surface area contributed by atoms with Gasteiger partial charge in [-0.2, -0.15) is 0 Å². The smallest absolute Gasteiger partial charge is 0.207 e. The van der Waals surface area contributed by atoms with Crippen LogP contribution in [0, 0.1) is 27.7 Å². The van der Waals surface area contributed by atoms with Gasteiger partial charge >= 0.3 is 0 Å². The lowest BCUT2D eigenvalue weighted by atomic mass is 9.84. The average Bonchev–Trinajstić information content (AvgIpc) is 2.96. The largest absolute Gasteiger partial charge is 0.445 e. The number of hydrogen-bond donors (Lipinski definition) is 0. The molecule has 0 atom stereocenters. The highest BCUT2D eigenvalue weighted by molar-refractivity contribution is 5.82. The van der Waals surface area contributed by atoms with Crippen molar-refractivity contribution < 1.29 is 4.42 Å². The lowest BCUT2D eigenvalue weighted by molar-refractivity contribution is 0.537. The summed E-state index contributed by atoms with van der Waals surface area (Å²) in [5, 5.41) is 0. The second-order valence-electron chi connectivity index (χ2n) is 9.72. The molecular weight excluding hydrogens is 354 g/mol. The summed E-state index contributed by atoms with van der Waals surface area (Å²) >= 11 is 0. The van der Waals surface area contributed by atoms with E-state index in [1.165, 1.54) is 44.8 Å². The summed E-state index contributed by atoms with van der Waals surface area (Å²) in [5.74, 6) is 1.97. The molecule has 4 rings (SSSR count). The first-order chi connectivity index (χ1) is 13.6. The van der Waals surface area contributed by atoms with Crippen LogP contribution in [0.2, 0.25) is 0 Å². The number of anilines is 3. The summed E-state index contributed by atoms with van der Waals surface area (Å²) in [6, 6.07) is 13.8. The molecule has 152 valence electrons. The van der Waals surface area contributed by atoms with Gasteiger partial charge in [0.25, 0.3) is 0 Å². The molecule has 0 radical (unpaired) electrons. The van der Waals surface area contributed by atoms with Gasteiger partial charge in [0.2, 0.25) is 5.88 Å². The van der Waals surface area contributed by atoms with E-state index < -0.39 is 0 Å². The van der Waals surface area contributed by atoms with Crippen LogP contribution in [0.4, 0.5) is 17.3 Å². The summed E-state index contributed by atoms with van der Waals surface area (Å²) in [7, 11) is 0. The second kappa shape index (κ2) is 7.09. The van der Waals surface area contributed by atoms with Gasteiger partial charge in [0.15, 0.2) is 0 Å². The Morgan fingerprint density at radius 3 is 2.14 bits per heavy atom. The zero-order chi connectivity index (χ0) is 20.9. The lowest BCUT2D eigenvalue weighted by Crippen LogP contribution is -2.19. The molecule has 0 saturated heterocycles. The molecule has 0 aliphatic carbocycles. The number of fused-ring (bicyclic) bond motifs is 2. The molecule has 2 nitrogen and oxygen atoms in total. The van der Waals surface area contributed by atoms with Crippen molar-refractivity contribution in [3.8, 4) is 0 Å². The van der Waals surface area contributed by atoms with Crippen LogP contribution in [0.25, 0.3) is 0 Å². The predicted octanol–water partition coefficient (Wildman–Crippen LogP) is 7.77. The highest BCUT2D eigenvalue weighted by Crippen LogP contribution is 2.45. The first-order valence-corrected chi connectivity index (χ1v) is 10.8. The van der Waals surface area contributed by atoms with E-state index in [0.717, 1.165) is 30.9 Å². The molecule has 1 aliphatic heterocycles. The van der Waals surface area contributed by atoms with E-state index >= 15 is 0 Å². The van der Waals surface area contributed by atoms with Gasteiger partial charge in [0.1, 0.15) is 5.76 Å². The maximum atomic E-state index is 6.33. The number of hydrogen-bond acceptors (Lipinski definition) is 2. The van der Waals surface area contributed by atoms with E-state index in [1.54, 1.807) is 0 Å². The lowest BCUT2D eigenvalue weighted by Gasteiger charge is -2.32. The summed E-state index contributed by atoms with van der Waals surface area (Å²) in [6.07, 6.45) is 3.29. The first-order valence-electron chi connectivity index (χ1n) is 10.8. The van der Waals surface area contributed by atoms with Crippen molar-refractivity contribution in [3.05, 3.63) is 75.5 Å². The fourth-order valence-corrected chi connectivity index (χ4v) is 4.60. The van der Waals surface area contributed by atoms with Crippen LogP contribution < -0.4 is 4.90 Å². The zero-order valence-electron chi connectivity index (χ0n) is 18.9. The van der Waals surface area contributed by atoms with Gasteiger partial charge in [-0.3, -0.25) is 4.90 Å². The van der Waals surface area contributed by atoms with Crippen molar-refractivity contribution in [2.45, 2.75) is 73.1 Å². The maximum Gasteiger partial charge on any atom is 0.207 e. The molecule has 2 heterocycles. The number of benzene rings is 2. The van der Waals surface area contributed by atoms with Crippen LogP contribution >= 0.6 is 0 Å². The minimum Gasteiger partial charge on any atom is -0.445 e. The maximum absolute atomic E-state index is 6.33. The van der Waals surface area contributed by atoms with Crippen molar-refractivity contribution in [3.63, 3.8) is 0 Å². The molecular formula is C27H33NO. The van der Waals surface area contributed by atoms with E-state index in [-0.39, 0.29) is 5.41 Å². The van der Waals surface area contributed by atoms with Crippen molar-refractivity contribution in [1.29, 1.82) is 0 Å². The first kappa shape index (κ1) is 19.8. The fraction of sp³-hybridized carbons (Fsp3) is 0.407. The van der Waals surface area contributed by atoms with Gasteiger partial charge in [0.05, 0.1) is 11.4 Å². The number of rotatable bonds is 1. The van der Waals surface area contributed by atoms with E-state index in [0.29, 0.717) is 0 Å². The Morgan fingerprint density at radius 1 is 0.828 bits per heavy atom. The van der Waals surface area contributed by atoms with Gasteiger partial charge < -0.3 is 4.42 Å². The molecule has 0 N–H and O–H groups in total. The molecule has 2 heteroatoms. The van der Waals surface area contributed by atoms with Crippen molar-refractivity contribution >= 4 is 17.3 Å². The minimum absolute atomic E-state index is 0.131. The number of furan rings is 1. The van der Waals surface area contributed by atoms with E-state index in [4.69, 9.17) is 4.42 Å². The minimum atomic E-state index is 0.131. The van der Waals surface area contributed by atoms with Crippen molar-refractivity contribution in [1.82, 2.24) is 0 Å². The molecule has 0 saturated carbocycles. The van der Waals surface area contributed by atoms with Gasteiger partial charge in [-0.25, -0.2) is 0 Å². The van der Waals surface area contributed by atoms with E-state index in [9.17, 15) is 0 Å². The third kappa shape index (κ3) is 3.61. The normalized spacial score (nSPS) is 14.2. The Hall–Kier alpha value is -2.48. The molecule has 29 heavy (non-hydrogen) atoms. The molecule has 0 amide bonds. The van der Waals surface area contributed by atoms with Gasteiger partial charge in [-0.15, -0.1) is 0 Å². The Bertz CT molecular complexity index is 1040. The topological polar surface area (TPSA) is 16.4 Å². The molecule has 0 unspecified atom stereocenters. The van der Waals surface area contributed by atoms with Crippen LogP contribution in [0.15, 0.2) is 40.8 Å². The highest BCUT2D eigenvalue weighted by atomic mass is 16.4. The van der Waals surface area contributed by atoms with Crippen LogP contribution in [0.5, 0.6) is 0 Å². The van der Waals surface area contributed by atoms with E-state index in [2.05, 4.69) is 89.8 Å². The molecule has 0 fully saturated rings. The fourth-order valence-electron chi connectivity index (χ4n) is 4.60. The van der Waals surface area contributed by atoms with Crippen LogP contribution in [-0.4, -0.2) is 0 Å². The van der Waals surface area contributed by atoms with Gasteiger partial charge in [0, 0.05) is 5.56 Å². The van der Waals surface area contributed by atoms with Crippen LogP contribution in [0.1, 0.15) is 66.3 Å². The molecule has 1 aromatic heterocycles. The number of nitrogens with zero attached hydrogens (tertiary/aromatic N) is 1. The Kier molecular flexibility index (Phi) is 4.85. The SMILES string of the molecule is Cc1ccc2c(c1)CCCc1cc(C)oc1N2c1c(C)cc(C(C)(C)C)cc1C. The highest BCUT2D eigenvalue weighted by Gasteiger charge is 2.28. The summed E-state index contributed by atoms with van der Waals surface area (Å²) in [5.41, 5.74) is 10.6. The Morgan fingerprint density at radius 2 is 1.48 bits per heavy atom. The molecule has 1 aliphatic rings. The summed E-state index contributed by atoms with van der Waals surface area (Å²) in [6.45, 7) is 15.6.